The molecule has 96 valence electrons. The molecule has 0 saturated heterocycles. The van der Waals surface area contributed by atoms with Crippen LogP contribution in [-0.2, 0) is 28.7 Å². The van der Waals surface area contributed by atoms with Crippen LogP contribution in [0.15, 0.2) is 0 Å². The summed E-state index contributed by atoms with van der Waals surface area (Å²) >= 11 is 0. The maximum atomic E-state index is 11.5. The molecule has 1 unspecified atom stereocenters. The van der Waals surface area contributed by atoms with Gasteiger partial charge in [-0.3, -0.25) is 19.2 Å². The van der Waals surface area contributed by atoms with Crippen LogP contribution < -0.4 is 0 Å². The Hall–Kier alpha value is -1.72. The van der Waals surface area contributed by atoms with Crippen LogP contribution in [0, 0.1) is 0 Å². The molecule has 0 radical (unpaired) electrons. The van der Waals surface area contributed by atoms with Crippen molar-refractivity contribution < 1.29 is 28.7 Å². The molecule has 0 aliphatic rings. The highest BCUT2D eigenvalue weighted by Crippen LogP contribution is 2.04. The van der Waals surface area contributed by atoms with Crippen LogP contribution in [0.1, 0.15) is 33.6 Å². The van der Waals surface area contributed by atoms with Gasteiger partial charge in [0.25, 0.3) is 0 Å². The van der Waals surface area contributed by atoms with E-state index < -0.39 is 29.6 Å². The second-order valence-corrected chi connectivity index (χ2v) is 3.37. The summed E-state index contributed by atoms with van der Waals surface area (Å²) in [5.74, 6) is -2.39. The van der Waals surface area contributed by atoms with Crippen molar-refractivity contribution in [2.24, 2.45) is 0 Å². The van der Waals surface area contributed by atoms with Gasteiger partial charge in [0.15, 0.2) is 11.6 Å². The number of esters is 2. The standard InChI is InChI=1S/C11H16O6/c1-4-16-10(15)6-5-9(14)11(7(2)12)17-8(3)13/h11H,4-6H2,1-3H3. The number of ketones is 2. The van der Waals surface area contributed by atoms with E-state index in [0.717, 1.165) is 13.8 Å². The van der Waals surface area contributed by atoms with Crippen LogP contribution in [0.3, 0.4) is 0 Å². The lowest BCUT2D eigenvalue weighted by atomic mass is 10.1. The fourth-order valence-corrected chi connectivity index (χ4v) is 1.13. The summed E-state index contributed by atoms with van der Waals surface area (Å²) in [5.41, 5.74) is 0. The van der Waals surface area contributed by atoms with Crippen molar-refractivity contribution in [3.63, 3.8) is 0 Å². The molecule has 0 heterocycles. The van der Waals surface area contributed by atoms with Gasteiger partial charge in [-0.05, 0) is 13.8 Å². The predicted octanol–water partition coefficient (Wildman–Crippen LogP) is 0.419. The summed E-state index contributed by atoms with van der Waals surface area (Å²) < 4.78 is 9.21. The van der Waals surface area contributed by atoms with Gasteiger partial charge < -0.3 is 9.47 Å². The summed E-state index contributed by atoms with van der Waals surface area (Å²) in [7, 11) is 0. The minimum atomic E-state index is -1.41. The second kappa shape index (κ2) is 7.54. The number of hydrogen-bond acceptors (Lipinski definition) is 6. The molecule has 0 saturated carbocycles. The van der Waals surface area contributed by atoms with E-state index >= 15 is 0 Å². The quantitative estimate of drug-likeness (QED) is 0.476. The maximum absolute atomic E-state index is 11.5. The highest BCUT2D eigenvalue weighted by Gasteiger charge is 2.26. The Labute approximate surface area is 99.3 Å². The first-order valence-electron chi connectivity index (χ1n) is 5.24. The minimum absolute atomic E-state index is 0.127. The van der Waals surface area contributed by atoms with Crippen LogP contribution in [0.2, 0.25) is 0 Å². The van der Waals surface area contributed by atoms with Crippen molar-refractivity contribution in [2.45, 2.75) is 39.7 Å². The van der Waals surface area contributed by atoms with Crippen LogP contribution in [0.4, 0.5) is 0 Å². The van der Waals surface area contributed by atoms with E-state index in [2.05, 4.69) is 9.47 Å². The van der Waals surface area contributed by atoms with Gasteiger partial charge >= 0.3 is 11.9 Å². The predicted molar refractivity (Wildman–Crippen MR) is 57.1 cm³/mol. The molecule has 0 rings (SSSR count). The number of carbonyl (C=O) groups excluding carboxylic acids is 4. The highest BCUT2D eigenvalue weighted by molar-refractivity contribution is 6.06. The average molecular weight is 244 g/mol. The van der Waals surface area contributed by atoms with Crippen molar-refractivity contribution in [1.29, 1.82) is 0 Å². The Bertz CT molecular complexity index is 320. The first-order valence-corrected chi connectivity index (χ1v) is 5.24. The van der Waals surface area contributed by atoms with Gasteiger partial charge in [0, 0.05) is 13.3 Å². The van der Waals surface area contributed by atoms with E-state index in [4.69, 9.17) is 0 Å². The molecule has 0 aliphatic heterocycles. The van der Waals surface area contributed by atoms with Crippen molar-refractivity contribution in [2.75, 3.05) is 6.61 Å². The third-order valence-electron chi connectivity index (χ3n) is 1.83. The number of Topliss-reactive ketones (excluding diaryl/α,β-unsaturated/α-hetero) is 2. The third-order valence-corrected chi connectivity index (χ3v) is 1.83. The van der Waals surface area contributed by atoms with Gasteiger partial charge in [-0.2, -0.15) is 0 Å². The first-order chi connectivity index (χ1) is 7.88. The normalized spacial score (nSPS) is 11.5. The maximum Gasteiger partial charge on any atom is 0.306 e. The molecule has 0 N–H and O–H groups in total. The molecule has 1 atom stereocenters. The Morgan fingerprint density at radius 1 is 1.06 bits per heavy atom. The van der Waals surface area contributed by atoms with Crippen LogP contribution in [-0.4, -0.2) is 36.2 Å². The van der Waals surface area contributed by atoms with Gasteiger partial charge in [0.1, 0.15) is 0 Å². The van der Waals surface area contributed by atoms with Gasteiger partial charge in [0.05, 0.1) is 13.0 Å². The van der Waals surface area contributed by atoms with E-state index in [1.54, 1.807) is 6.92 Å². The summed E-state index contributed by atoms with van der Waals surface area (Å²) in [6, 6.07) is 0. The lowest BCUT2D eigenvalue weighted by Crippen LogP contribution is -2.33. The lowest BCUT2D eigenvalue weighted by Gasteiger charge is -2.12. The molecule has 0 aliphatic carbocycles. The topological polar surface area (TPSA) is 86.7 Å². The molecule has 0 aromatic carbocycles. The molecular weight excluding hydrogens is 228 g/mol. The number of ether oxygens (including phenoxy) is 2. The van der Waals surface area contributed by atoms with E-state index in [-0.39, 0.29) is 19.4 Å². The summed E-state index contributed by atoms with van der Waals surface area (Å²) in [5, 5.41) is 0. The number of rotatable bonds is 7. The summed E-state index contributed by atoms with van der Waals surface area (Å²) in [4.78, 5) is 44.3. The molecule has 0 spiro atoms. The Morgan fingerprint density at radius 3 is 2.06 bits per heavy atom. The van der Waals surface area contributed by atoms with Gasteiger partial charge in [-0.1, -0.05) is 0 Å². The number of carbonyl (C=O) groups is 4. The molecule has 0 fully saturated rings. The molecule has 0 aromatic rings. The minimum Gasteiger partial charge on any atom is -0.466 e. The monoisotopic (exact) mass is 244 g/mol. The molecule has 6 heteroatoms. The SMILES string of the molecule is CCOC(=O)CCC(=O)C(OC(C)=O)C(C)=O. The zero-order valence-electron chi connectivity index (χ0n) is 10.1. The van der Waals surface area contributed by atoms with Crippen LogP contribution in [0.25, 0.3) is 0 Å². The van der Waals surface area contributed by atoms with E-state index in [1.165, 1.54) is 0 Å². The van der Waals surface area contributed by atoms with Crippen molar-refractivity contribution in [3.05, 3.63) is 0 Å². The largest absolute Gasteiger partial charge is 0.466 e. The molecule has 0 amide bonds. The van der Waals surface area contributed by atoms with Crippen molar-refractivity contribution in [3.8, 4) is 0 Å². The summed E-state index contributed by atoms with van der Waals surface area (Å²) in [6.07, 6.45) is -1.73. The Balaban J connectivity index is 4.29. The van der Waals surface area contributed by atoms with Gasteiger partial charge in [-0.15, -0.1) is 0 Å². The molecule has 0 aromatic heterocycles. The fourth-order valence-electron chi connectivity index (χ4n) is 1.13. The third kappa shape index (κ3) is 6.44. The lowest BCUT2D eigenvalue weighted by molar-refractivity contribution is -0.158. The van der Waals surface area contributed by atoms with Crippen molar-refractivity contribution >= 4 is 23.5 Å². The Morgan fingerprint density at radius 2 is 1.65 bits per heavy atom. The van der Waals surface area contributed by atoms with E-state index in [0.29, 0.717) is 0 Å². The zero-order valence-corrected chi connectivity index (χ0v) is 10.1. The molecular formula is C11H16O6. The zero-order chi connectivity index (χ0) is 13.4. The van der Waals surface area contributed by atoms with Crippen LogP contribution in [0.5, 0.6) is 0 Å². The average Bonchev–Trinajstić information content (AvgIpc) is 2.22. The van der Waals surface area contributed by atoms with E-state index in [1.807, 2.05) is 0 Å². The number of hydrogen-bond donors (Lipinski definition) is 0. The second-order valence-electron chi connectivity index (χ2n) is 3.37. The molecule has 17 heavy (non-hydrogen) atoms. The van der Waals surface area contributed by atoms with E-state index in [9.17, 15) is 19.2 Å². The fraction of sp³-hybridized carbons (Fsp3) is 0.636. The Kier molecular flexibility index (Phi) is 6.77. The smallest absolute Gasteiger partial charge is 0.306 e. The van der Waals surface area contributed by atoms with Gasteiger partial charge in [0.2, 0.25) is 6.10 Å². The van der Waals surface area contributed by atoms with Gasteiger partial charge in [-0.25, -0.2) is 0 Å². The summed E-state index contributed by atoms with van der Waals surface area (Å²) in [6.45, 7) is 4.13. The first kappa shape index (κ1) is 15.3. The highest BCUT2D eigenvalue weighted by atomic mass is 16.5. The van der Waals surface area contributed by atoms with Crippen LogP contribution >= 0.6 is 0 Å². The van der Waals surface area contributed by atoms with Crippen molar-refractivity contribution in [1.82, 2.24) is 0 Å². The molecule has 0 bridgehead atoms. The molecule has 6 nitrogen and oxygen atoms in total.